The Bertz CT molecular complexity index is 512. The predicted octanol–water partition coefficient (Wildman–Crippen LogP) is 2.76. The van der Waals surface area contributed by atoms with Gasteiger partial charge in [-0.2, -0.15) is 0 Å². The molecule has 6 heteroatoms. The van der Waals surface area contributed by atoms with E-state index < -0.39 is 23.3 Å². The molecule has 0 aromatic heterocycles. The van der Waals surface area contributed by atoms with E-state index >= 15 is 0 Å². The van der Waals surface area contributed by atoms with Crippen molar-refractivity contribution in [1.82, 2.24) is 0 Å². The van der Waals surface area contributed by atoms with E-state index in [-0.39, 0.29) is 17.2 Å². The lowest BCUT2D eigenvalue weighted by Gasteiger charge is -2.09. The maximum Gasteiger partial charge on any atom is 0.309 e. The number of esters is 1. The summed E-state index contributed by atoms with van der Waals surface area (Å²) in [5.41, 5.74) is -0.00308. The Labute approximate surface area is 116 Å². The van der Waals surface area contributed by atoms with Gasteiger partial charge in [-0.25, -0.2) is 0 Å². The lowest BCUT2D eigenvalue weighted by Crippen LogP contribution is -2.19. The molecule has 0 aliphatic heterocycles. The molecule has 0 spiro atoms. The average molecular weight is 279 g/mol. The van der Waals surface area contributed by atoms with Crippen LogP contribution in [0.25, 0.3) is 0 Å². The highest BCUT2D eigenvalue weighted by Crippen LogP contribution is 2.14. The second kappa shape index (κ2) is 7.37. The van der Waals surface area contributed by atoms with Gasteiger partial charge in [-0.3, -0.25) is 19.7 Å². The van der Waals surface area contributed by atoms with Crippen molar-refractivity contribution in [2.45, 2.75) is 26.7 Å². The molecule has 1 atom stereocenters. The van der Waals surface area contributed by atoms with Crippen molar-refractivity contribution in [3.05, 3.63) is 39.9 Å². The molecule has 0 radical (unpaired) electrons. The quantitative estimate of drug-likeness (QED) is 0.331. The number of carbonyl (C=O) groups is 2. The summed E-state index contributed by atoms with van der Waals surface area (Å²) in [4.78, 5) is 33.4. The molecule has 0 bridgehead atoms. The summed E-state index contributed by atoms with van der Waals surface area (Å²) in [7, 11) is 0. The zero-order valence-electron chi connectivity index (χ0n) is 11.5. The zero-order valence-corrected chi connectivity index (χ0v) is 11.5. The van der Waals surface area contributed by atoms with Crippen LogP contribution in [0.4, 0.5) is 5.69 Å². The number of hydrogen-bond acceptors (Lipinski definition) is 5. The van der Waals surface area contributed by atoms with E-state index in [1.807, 2.05) is 6.92 Å². The Kier molecular flexibility index (Phi) is 5.83. The minimum Gasteiger partial charge on any atom is -0.457 e. The SMILES string of the molecule is CCC[C@H](C)C(=O)OCC(=O)c1cccc([N+](=O)[O-])c1. The first-order valence-corrected chi connectivity index (χ1v) is 6.40. The van der Waals surface area contributed by atoms with Gasteiger partial charge < -0.3 is 4.74 Å². The number of non-ortho nitro benzene ring substituents is 1. The topological polar surface area (TPSA) is 86.5 Å². The third-order valence-corrected chi connectivity index (χ3v) is 2.85. The number of rotatable bonds is 7. The summed E-state index contributed by atoms with van der Waals surface area (Å²) in [5, 5.41) is 10.6. The van der Waals surface area contributed by atoms with Gasteiger partial charge in [0.25, 0.3) is 5.69 Å². The fourth-order valence-corrected chi connectivity index (χ4v) is 1.71. The molecule has 6 nitrogen and oxygen atoms in total. The standard InChI is InChI=1S/C14H17NO5/c1-3-5-10(2)14(17)20-9-13(16)11-6-4-7-12(8-11)15(18)19/h4,6-8,10H,3,5,9H2,1-2H3/t10-/m0/s1. The zero-order chi connectivity index (χ0) is 15.1. The van der Waals surface area contributed by atoms with Crippen LogP contribution >= 0.6 is 0 Å². The van der Waals surface area contributed by atoms with Crippen molar-refractivity contribution in [3.8, 4) is 0 Å². The van der Waals surface area contributed by atoms with Crippen LogP contribution in [0.5, 0.6) is 0 Å². The molecule has 0 fully saturated rings. The van der Waals surface area contributed by atoms with Crippen LogP contribution in [0.3, 0.4) is 0 Å². The Morgan fingerprint density at radius 3 is 2.70 bits per heavy atom. The van der Waals surface area contributed by atoms with E-state index in [0.717, 1.165) is 6.42 Å². The number of Topliss-reactive ketones (excluding diaryl/α,β-unsaturated/α-hetero) is 1. The Morgan fingerprint density at radius 1 is 1.40 bits per heavy atom. The maximum atomic E-state index is 11.8. The van der Waals surface area contributed by atoms with Crippen molar-refractivity contribution in [1.29, 1.82) is 0 Å². The summed E-state index contributed by atoms with van der Waals surface area (Å²) >= 11 is 0. The summed E-state index contributed by atoms with van der Waals surface area (Å²) in [6.45, 7) is 3.30. The lowest BCUT2D eigenvalue weighted by molar-refractivity contribution is -0.384. The van der Waals surface area contributed by atoms with E-state index in [9.17, 15) is 19.7 Å². The second-order valence-corrected chi connectivity index (χ2v) is 4.53. The second-order valence-electron chi connectivity index (χ2n) is 4.53. The minimum atomic E-state index is -0.577. The highest BCUT2D eigenvalue weighted by molar-refractivity contribution is 5.98. The smallest absolute Gasteiger partial charge is 0.309 e. The van der Waals surface area contributed by atoms with E-state index in [2.05, 4.69) is 0 Å². The minimum absolute atomic E-state index is 0.162. The molecule has 0 saturated carbocycles. The summed E-state index contributed by atoms with van der Waals surface area (Å²) in [6, 6.07) is 5.35. The lowest BCUT2D eigenvalue weighted by atomic mass is 10.1. The van der Waals surface area contributed by atoms with E-state index in [4.69, 9.17) is 4.74 Å². The monoisotopic (exact) mass is 279 g/mol. The molecule has 0 amide bonds. The molecular formula is C14H17NO5. The van der Waals surface area contributed by atoms with Crippen LogP contribution in [-0.2, 0) is 9.53 Å². The number of hydrogen-bond donors (Lipinski definition) is 0. The van der Waals surface area contributed by atoms with Crippen molar-refractivity contribution >= 4 is 17.4 Å². The third kappa shape index (κ3) is 4.46. The number of nitro groups is 1. The number of nitrogens with zero attached hydrogens (tertiary/aromatic N) is 1. The van der Waals surface area contributed by atoms with Gasteiger partial charge in [0.2, 0.25) is 5.78 Å². The third-order valence-electron chi connectivity index (χ3n) is 2.85. The highest BCUT2D eigenvalue weighted by atomic mass is 16.6. The van der Waals surface area contributed by atoms with Gasteiger partial charge in [-0.05, 0) is 6.42 Å². The van der Waals surface area contributed by atoms with Crippen LogP contribution in [0.2, 0.25) is 0 Å². The van der Waals surface area contributed by atoms with Gasteiger partial charge in [0.1, 0.15) is 0 Å². The largest absolute Gasteiger partial charge is 0.457 e. The van der Waals surface area contributed by atoms with Crippen molar-refractivity contribution < 1.29 is 19.2 Å². The van der Waals surface area contributed by atoms with Gasteiger partial charge >= 0.3 is 5.97 Å². The van der Waals surface area contributed by atoms with Crippen LogP contribution in [0, 0.1) is 16.0 Å². The van der Waals surface area contributed by atoms with E-state index in [1.165, 1.54) is 24.3 Å². The maximum absolute atomic E-state index is 11.8. The highest BCUT2D eigenvalue weighted by Gasteiger charge is 2.17. The first-order chi connectivity index (χ1) is 9.45. The molecule has 0 unspecified atom stereocenters. The molecule has 1 aromatic rings. The van der Waals surface area contributed by atoms with Gasteiger partial charge in [0, 0.05) is 17.7 Å². The van der Waals surface area contributed by atoms with Crippen molar-refractivity contribution in [3.63, 3.8) is 0 Å². The van der Waals surface area contributed by atoms with Crippen LogP contribution in [-0.4, -0.2) is 23.3 Å². The molecule has 108 valence electrons. The Morgan fingerprint density at radius 2 is 2.10 bits per heavy atom. The number of carbonyl (C=O) groups excluding carboxylic acids is 2. The first-order valence-electron chi connectivity index (χ1n) is 6.40. The molecule has 1 aromatic carbocycles. The number of nitro benzene ring substituents is 1. The van der Waals surface area contributed by atoms with Gasteiger partial charge in [-0.1, -0.05) is 32.4 Å². The fraction of sp³-hybridized carbons (Fsp3) is 0.429. The van der Waals surface area contributed by atoms with E-state index in [1.54, 1.807) is 6.92 Å². The molecule has 0 saturated heterocycles. The van der Waals surface area contributed by atoms with Crippen LogP contribution < -0.4 is 0 Å². The molecule has 0 aliphatic carbocycles. The number of benzene rings is 1. The van der Waals surface area contributed by atoms with E-state index in [0.29, 0.717) is 6.42 Å². The molecule has 0 heterocycles. The molecule has 1 rings (SSSR count). The summed E-state index contributed by atoms with van der Waals surface area (Å²) in [6.07, 6.45) is 1.55. The fourth-order valence-electron chi connectivity index (χ4n) is 1.71. The number of ether oxygens (including phenoxy) is 1. The molecule has 0 aliphatic rings. The summed E-state index contributed by atoms with van der Waals surface area (Å²) < 4.78 is 4.91. The van der Waals surface area contributed by atoms with Crippen molar-refractivity contribution in [2.75, 3.05) is 6.61 Å². The Balaban J connectivity index is 2.61. The average Bonchev–Trinajstić information content (AvgIpc) is 2.44. The van der Waals surface area contributed by atoms with Crippen LogP contribution in [0.15, 0.2) is 24.3 Å². The molecular weight excluding hydrogens is 262 g/mol. The number of ketones is 1. The molecule has 0 N–H and O–H groups in total. The molecule has 20 heavy (non-hydrogen) atoms. The van der Waals surface area contributed by atoms with Gasteiger partial charge in [0.15, 0.2) is 6.61 Å². The van der Waals surface area contributed by atoms with Crippen molar-refractivity contribution in [2.24, 2.45) is 5.92 Å². The normalized spacial score (nSPS) is 11.7. The predicted molar refractivity (Wildman–Crippen MR) is 72.5 cm³/mol. The van der Waals surface area contributed by atoms with Crippen LogP contribution in [0.1, 0.15) is 37.0 Å². The van der Waals surface area contributed by atoms with Gasteiger partial charge in [-0.15, -0.1) is 0 Å². The Hall–Kier alpha value is -2.24. The summed E-state index contributed by atoms with van der Waals surface area (Å²) in [5.74, 6) is -1.13. The van der Waals surface area contributed by atoms with Gasteiger partial charge in [0.05, 0.1) is 10.8 Å². The first kappa shape index (κ1) is 15.8.